The minimum atomic E-state index is 0.619. The summed E-state index contributed by atoms with van der Waals surface area (Å²) in [5.74, 6) is 2.68. The normalized spacial score (nSPS) is 29.5. The smallest absolute Gasteiger partial charge is 0.128 e. The van der Waals surface area contributed by atoms with E-state index in [2.05, 4.69) is 47.3 Å². The number of allylic oxidation sites excluding steroid dienone is 2. The average molecular weight is 285 g/mol. The van der Waals surface area contributed by atoms with Crippen molar-refractivity contribution in [2.24, 2.45) is 11.8 Å². The fourth-order valence-corrected chi connectivity index (χ4v) is 3.85. The molecule has 0 bridgehead atoms. The van der Waals surface area contributed by atoms with Crippen molar-refractivity contribution in [2.45, 2.75) is 39.2 Å². The maximum Gasteiger partial charge on any atom is 0.128 e. The van der Waals surface area contributed by atoms with Crippen LogP contribution in [0.2, 0.25) is 0 Å². The van der Waals surface area contributed by atoms with E-state index in [4.69, 9.17) is 0 Å². The van der Waals surface area contributed by atoms with E-state index >= 15 is 0 Å². The molecule has 3 atom stereocenters. The molecule has 0 unspecified atom stereocenters. The first-order chi connectivity index (χ1) is 10.2. The first kappa shape index (κ1) is 14.6. The van der Waals surface area contributed by atoms with Crippen LogP contribution in [-0.4, -0.2) is 30.7 Å². The largest absolute Gasteiger partial charge is 0.355 e. The number of anilines is 1. The van der Waals surface area contributed by atoms with Gasteiger partial charge in [0.15, 0.2) is 0 Å². The summed E-state index contributed by atoms with van der Waals surface area (Å²) in [6.45, 7) is 7.99. The van der Waals surface area contributed by atoms with Gasteiger partial charge in [-0.05, 0) is 56.7 Å². The van der Waals surface area contributed by atoms with Crippen molar-refractivity contribution < 1.29 is 0 Å². The molecule has 1 saturated heterocycles. The van der Waals surface area contributed by atoms with Gasteiger partial charge >= 0.3 is 0 Å². The van der Waals surface area contributed by atoms with Crippen LogP contribution in [0.25, 0.3) is 0 Å². The molecule has 1 N–H and O–H groups in total. The van der Waals surface area contributed by atoms with E-state index in [-0.39, 0.29) is 0 Å². The van der Waals surface area contributed by atoms with Gasteiger partial charge in [-0.25, -0.2) is 4.98 Å². The SMILES string of the molecule is CC1=C[C@H](C)C[C@H](CN[C@@H]2CCN(c3ccccn3)C2)C1. The zero-order valence-corrected chi connectivity index (χ0v) is 13.3. The van der Waals surface area contributed by atoms with Crippen molar-refractivity contribution in [2.75, 3.05) is 24.5 Å². The lowest BCUT2D eigenvalue weighted by atomic mass is 9.83. The molecule has 2 aliphatic rings. The molecular formula is C18H27N3. The van der Waals surface area contributed by atoms with Crippen molar-refractivity contribution in [1.29, 1.82) is 0 Å². The van der Waals surface area contributed by atoms with Gasteiger partial charge in [0, 0.05) is 25.3 Å². The minimum Gasteiger partial charge on any atom is -0.355 e. The van der Waals surface area contributed by atoms with Crippen molar-refractivity contribution in [3.8, 4) is 0 Å². The number of nitrogens with zero attached hydrogens (tertiary/aromatic N) is 2. The highest BCUT2D eigenvalue weighted by Crippen LogP contribution is 2.27. The van der Waals surface area contributed by atoms with Crippen LogP contribution in [-0.2, 0) is 0 Å². The first-order valence-electron chi connectivity index (χ1n) is 8.27. The molecule has 3 rings (SSSR count). The van der Waals surface area contributed by atoms with Crippen LogP contribution in [0, 0.1) is 11.8 Å². The van der Waals surface area contributed by atoms with Gasteiger partial charge in [0.1, 0.15) is 5.82 Å². The van der Waals surface area contributed by atoms with Crippen molar-refractivity contribution in [3.05, 3.63) is 36.0 Å². The van der Waals surface area contributed by atoms with E-state index in [0.717, 1.165) is 37.3 Å². The summed E-state index contributed by atoms with van der Waals surface area (Å²) < 4.78 is 0. The zero-order valence-electron chi connectivity index (χ0n) is 13.3. The lowest BCUT2D eigenvalue weighted by Crippen LogP contribution is -2.36. The Balaban J connectivity index is 1.46. The quantitative estimate of drug-likeness (QED) is 0.861. The highest BCUT2D eigenvalue weighted by Gasteiger charge is 2.25. The Morgan fingerprint density at radius 1 is 1.38 bits per heavy atom. The predicted molar refractivity (Wildman–Crippen MR) is 88.5 cm³/mol. The number of hydrogen-bond acceptors (Lipinski definition) is 3. The van der Waals surface area contributed by atoms with E-state index in [1.807, 2.05) is 12.3 Å². The van der Waals surface area contributed by atoms with Crippen LogP contribution in [0.3, 0.4) is 0 Å². The van der Waals surface area contributed by atoms with E-state index in [1.54, 1.807) is 5.57 Å². The van der Waals surface area contributed by atoms with Gasteiger partial charge in [-0.2, -0.15) is 0 Å². The highest BCUT2D eigenvalue weighted by atomic mass is 15.2. The summed E-state index contributed by atoms with van der Waals surface area (Å²) in [6, 6.07) is 6.78. The Hall–Kier alpha value is -1.35. The molecule has 1 aromatic heterocycles. The number of nitrogens with one attached hydrogen (secondary N) is 1. The third-order valence-electron chi connectivity index (χ3n) is 4.74. The van der Waals surface area contributed by atoms with Crippen LogP contribution in [0.5, 0.6) is 0 Å². The van der Waals surface area contributed by atoms with Gasteiger partial charge in [0.25, 0.3) is 0 Å². The minimum absolute atomic E-state index is 0.619. The Kier molecular flexibility index (Phi) is 4.59. The molecule has 2 heterocycles. The summed E-state index contributed by atoms with van der Waals surface area (Å²) >= 11 is 0. The first-order valence-corrected chi connectivity index (χ1v) is 8.27. The molecule has 0 saturated carbocycles. The van der Waals surface area contributed by atoms with Gasteiger partial charge in [-0.15, -0.1) is 0 Å². The summed E-state index contributed by atoms with van der Waals surface area (Å²) in [5.41, 5.74) is 1.57. The Morgan fingerprint density at radius 3 is 3.05 bits per heavy atom. The van der Waals surface area contributed by atoms with Crippen LogP contribution in [0.15, 0.2) is 36.0 Å². The summed E-state index contributed by atoms with van der Waals surface area (Å²) in [6.07, 6.45) is 8.16. The lowest BCUT2D eigenvalue weighted by Gasteiger charge is -2.27. The lowest BCUT2D eigenvalue weighted by molar-refractivity contribution is 0.365. The average Bonchev–Trinajstić information content (AvgIpc) is 2.94. The molecule has 3 heteroatoms. The maximum absolute atomic E-state index is 4.46. The molecule has 0 aromatic carbocycles. The fourth-order valence-electron chi connectivity index (χ4n) is 3.85. The molecular weight excluding hydrogens is 258 g/mol. The summed E-state index contributed by atoms with van der Waals surface area (Å²) in [7, 11) is 0. The van der Waals surface area contributed by atoms with Crippen molar-refractivity contribution >= 4 is 5.82 Å². The van der Waals surface area contributed by atoms with E-state index in [9.17, 15) is 0 Å². The van der Waals surface area contributed by atoms with Crippen molar-refractivity contribution in [3.63, 3.8) is 0 Å². The molecule has 3 nitrogen and oxygen atoms in total. The Morgan fingerprint density at radius 2 is 2.29 bits per heavy atom. The number of aromatic nitrogens is 1. The summed E-state index contributed by atoms with van der Waals surface area (Å²) in [4.78, 5) is 6.85. The molecule has 0 spiro atoms. The third-order valence-corrected chi connectivity index (χ3v) is 4.74. The molecule has 1 aliphatic carbocycles. The van der Waals surface area contributed by atoms with Gasteiger partial charge in [-0.1, -0.05) is 24.6 Å². The van der Waals surface area contributed by atoms with Crippen LogP contribution in [0.1, 0.15) is 33.1 Å². The second-order valence-electron chi connectivity index (χ2n) is 6.82. The zero-order chi connectivity index (χ0) is 14.7. The second kappa shape index (κ2) is 6.61. The molecule has 1 fully saturated rings. The fraction of sp³-hybridized carbons (Fsp3) is 0.611. The standard InChI is InChI=1S/C18H27N3/c1-14-9-15(2)11-16(10-14)12-20-17-6-8-21(13-17)18-5-3-4-7-19-18/h3-5,7,9,14,16-17,20H,6,8,10-13H2,1-2H3/t14-,16-,17+/m0/s1. The number of hydrogen-bond donors (Lipinski definition) is 1. The van der Waals surface area contributed by atoms with Gasteiger partial charge < -0.3 is 10.2 Å². The van der Waals surface area contributed by atoms with Crippen LogP contribution in [0.4, 0.5) is 5.82 Å². The van der Waals surface area contributed by atoms with E-state index in [0.29, 0.717) is 6.04 Å². The Bertz CT molecular complexity index is 482. The highest BCUT2D eigenvalue weighted by molar-refractivity contribution is 5.39. The van der Waals surface area contributed by atoms with Crippen molar-refractivity contribution in [1.82, 2.24) is 10.3 Å². The Labute approximate surface area is 128 Å². The number of pyridine rings is 1. The van der Waals surface area contributed by atoms with Gasteiger partial charge in [-0.3, -0.25) is 0 Å². The third kappa shape index (κ3) is 3.85. The molecule has 114 valence electrons. The van der Waals surface area contributed by atoms with E-state index < -0.39 is 0 Å². The van der Waals surface area contributed by atoms with E-state index in [1.165, 1.54) is 19.3 Å². The van der Waals surface area contributed by atoms with Crippen LogP contribution >= 0.6 is 0 Å². The monoisotopic (exact) mass is 285 g/mol. The summed E-state index contributed by atoms with van der Waals surface area (Å²) in [5, 5.41) is 3.80. The van der Waals surface area contributed by atoms with Gasteiger partial charge in [0.05, 0.1) is 0 Å². The predicted octanol–water partition coefficient (Wildman–Crippen LogP) is 3.24. The topological polar surface area (TPSA) is 28.2 Å². The molecule has 0 radical (unpaired) electrons. The van der Waals surface area contributed by atoms with Gasteiger partial charge in [0.2, 0.25) is 0 Å². The molecule has 1 aromatic rings. The molecule has 1 aliphatic heterocycles. The molecule has 21 heavy (non-hydrogen) atoms. The molecule has 0 amide bonds. The maximum atomic E-state index is 4.46. The van der Waals surface area contributed by atoms with Crippen LogP contribution < -0.4 is 10.2 Å². The second-order valence-corrected chi connectivity index (χ2v) is 6.82. The number of rotatable bonds is 4.